The highest BCUT2D eigenvalue weighted by Gasteiger charge is 2.21. The summed E-state index contributed by atoms with van der Waals surface area (Å²) in [5.74, 6) is 1.75. The van der Waals surface area contributed by atoms with Crippen LogP contribution in [0.25, 0.3) is 105 Å². The zero-order chi connectivity index (χ0) is 34.2. The van der Waals surface area contributed by atoms with Crippen molar-refractivity contribution in [1.82, 2.24) is 24.5 Å². The van der Waals surface area contributed by atoms with Crippen LogP contribution in [0.15, 0.2) is 168 Å². The van der Waals surface area contributed by atoms with Gasteiger partial charge in [0, 0.05) is 44.4 Å². The van der Waals surface area contributed by atoms with Gasteiger partial charge in [0.2, 0.25) is 5.71 Å². The summed E-state index contributed by atoms with van der Waals surface area (Å²) in [6.07, 6.45) is 1.75. The summed E-state index contributed by atoms with van der Waals surface area (Å²) in [6.45, 7) is 0. The summed E-state index contributed by atoms with van der Waals surface area (Å²) < 4.78 is 8.55. The Bertz CT molecular complexity index is 3200. The molecule has 242 valence electrons. The molecule has 11 rings (SSSR count). The van der Waals surface area contributed by atoms with Crippen molar-refractivity contribution in [3.63, 3.8) is 0 Å². The first-order chi connectivity index (χ1) is 25.8. The number of rotatable bonds is 4. The lowest BCUT2D eigenvalue weighted by atomic mass is 10.0. The van der Waals surface area contributed by atoms with E-state index in [1.54, 1.807) is 6.20 Å². The molecule has 0 atom stereocenters. The molecule has 4 aromatic heterocycles. The minimum absolute atomic E-state index is 0.552. The minimum Gasteiger partial charge on any atom is -0.438 e. The van der Waals surface area contributed by atoms with E-state index in [4.69, 9.17) is 19.4 Å². The molecule has 0 N–H and O–H groups in total. The van der Waals surface area contributed by atoms with Crippen LogP contribution in [0, 0.1) is 0 Å². The predicted octanol–water partition coefficient (Wildman–Crippen LogP) is 11.6. The van der Waals surface area contributed by atoms with Gasteiger partial charge < -0.3 is 8.98 Å². The molecule has 0 bridgehead atoms. The molecule has 6 nitrogen and oxygen atoms in total. The van der Waals surface area contributed by atoms with Gasteiger partial charge in [0.15, 0.2) is 17.5 Å². The number of hydrogen-bond donors (Lipinski definition) is 0. The second-order valence-corrected chi connectivity index (χ2v) is 13.0. The molecular formula is C46H27N5O. The standard InChI is InChI=1S/C46H27N5O/c1-2-13-29(14-3-1)43-48-44(50-45(49-43)36-26-27-47-46-42(36)35-17-7-9-23-40(35)52-46)33-20-10-19-32-31(33)18-11-22-37(32)51-38-21-8-6-16-34(38)41-30-15-5-4-12-28(30)24-25-39(41)51/h1-27H. The molecule has 0 radical (unpaired) electrons. The van der Waals surface area contributed by atoms with Gasteiger partial charge in [0.05, 0.1) is 22.1 Å². The normalized spacial score (nSPS) is 11.8. The van der Waals surface area contributed by atoms with E-state index in [1.807, 2.05) is 54.6 Å². The lowest BCUT2D eigenvalue weighted by Gasteiger charge is -2.14. The van der Waals surface area contributed by atoms with Crippen LogP contribution in [0.5, 0.6) is 0 Å². The number of benzene rings is 7. The van der Waals surface area contributed by atoms with Gasteiger partial charge in [0.25, 0.3) is 0 Å². The zero-order valence-corrected chi connectivity index (χ0v) is 27.7. The highest BCUT2D eigenvalue weighted by molar-refractivity contribution is 6.22. The summed E-state index contributed by atoms with van der Waals surface area (Å²) in [6, 6.07) is 54.7. The largest absolute Gasteiger partial charge is 0.438 e. The van der Waals surface area contributed by atoms with Crippen molar-refractivity contribution in [1.29, 1.82) is 0 Å². The molecule has 0 aliphatic heterocycles. The highest BCUT2D eigenvalue weighted by atomic mass is 16.3. The van der Waals surface area contributed by atoms with Crippen LogP contribution in [-0.4, -0.2) is 24.5 Å². The molecule has 0 aliphatic carbocycles. The lowest BCUT2D eigenvalue weighted by Crippen LogP contribution is -2.01. The van der Waals surface area contributed by atoms with Crippen molar-refractivity contribution in [2.24, 2.45) is 0 Å². The molecule has 0 saturated carbocycles. The first-order valence-electron chi connectivity index (χ1n) is 17.3. The number of para-hydroxylation sites is 2. The Morgan fingerprint density at radius 2 is 1.12 bits per heavy atom. The van der Waals surface area contributed by atoms with Crippen molar-refractivity contribution in [3.05, 3.63) is 164 Å². The fourth-order valence-corrected chi connectivity index (χ4v) is 7.85. The molecule has 0 aliphatic rings. The van der Waals surface area contributed by atoms with Crippen LogP contribution in [0.3, 0.4) is 0 Å². The van der Waals surface area contributed by atoms with Crippen molar-refractivity contribution in [2.45, 2.75) is 0 Å². The third-order valence-corrected chi connectivity index (χ3v) is 10.1. The summed E-state index contributed by atoms with van der Waals surface area (Å²) in [5.41, 5.74) is 7.43. The highest BCUT2D eigenvalue weighted by Crippen LogP contribution is 2.40. The first-order valence-corrected chi connectivity index (χ1v) is 17.3. The number of fused-ring (bicyclic) bond motifs is 9. The summed E-state index contributed by atoms with van der Waals surface area (Å²) in [5, 5.41) is 8.97. The Hall–Kier alpha value is -7.18. The monoisotopic (exact) mass is 665 g/mol. The van der Waals surface area contributed by atoms with E-state index in [2.05, 4.69) is 113 Å². The van der Waals surface area contributed by atoms with E-state index < -0.39 is 0 Å². The Labute approximate surface area is 297 Å². The summed E-state index contributed by atoms with van der Waals surface area (Å²) in [7, 11) is 0. The van der Waals surface area contributed by atoms with Crippen molar-refractivity contribution in [3.8, 4) is 39.9 Å². The summed E-state index contributed by atoms with van der Waals surface area (Å²) >= 11 is 0. The van der Waals surface area contributed by atoms with E-state index in [9.17, 15) is 0 Å². The number of aromatic nitrogens is 5. The second kappa shape index (κ2) is 11.2. The Morgan fingerprint density at radius 1 is 0.423 bits per heavy atom. The first kappa shape index (κ1) is 28.6. The third kappa shape index (κ3) is 4.25. The van der Waals surface area contributed by atoms with Crippen LogP contribution in [0.2, 0.25) is 0 Å². The van der Waals surface area contributed by atoms with Crippen LogP contribution in [0.1, 0.15) is 0 Å². The quantitative estimate of drug-likeness (QED) is 0.187. The van der Waals surface area contributed by atoms with Crippen molar-refractivity contribution in [2.75, 3.05) is 0 Å². The number of nitrogens with zero attached hydrogens (tertiary/aromatic N) is 5. The molecule has 0 spiro atoms. The molecule has 0 saturated heterocycles. The minimum atomic E-state index is 0.552. The fraction of sp³-hybridized carbons (Fsp3) is 0. The molecule has 6 heteroatoms. The second-order valence-electron chi connectivity index (χ2n) is 13.0. The molecule has 0 amide bonds. The van der Waals surface area contributed by atoms with Crippen molar-refractivity contribution >= 4 is 65.4 Å². The average Bonchev–Trinajstić information content (AvgIpc) is 3.77. The number of pyridine rings is 1. The van der Waals surface area contributed by atoms with Crippen LogP contribution in [-0.2, 0) is 0 Å². The van der Waals surface area contributed by atoms with Crippen LogP contribution < -0.4 is 0 Å². The van der Waals surface area contributed by atoms with E-state index in [0.29, 0.717) is 23.2 Å². The van der Waals surface area contributed by atoms with E-state index in [1.165, 1.54) is 27.1 Å². The predicted molar refractivity (Wildman–Crippen MR) is 211 cm³/mol. The Balaban J connectivity index is 1.18. The molecule has 7 aromatic carbocycles. The molecule has 0 fully saturated rings. The van der Waals surface area contributed by atoms with Gasteiger partial charge in [-0.1, -0.05) is 127 Å². The van der Waals surface area contributed by atoms with Crippen molar-refractivity contribution < 1.29 is 4.42 Å². The van der Waals surface area contributed by atoms with E-state index >= 15 is 0 Å². The maximum absolute atomic E-state index is 6.15. The van der Waals surface area contributed by atoms with E-state index in [0.717, 1.165) is 55.0 Å². The van der Waals surface area contributed by atoms with Gasteiger partial charge in [-0.3, -0.25) is 0 Å². The van der Waals surface area contributed by atoms with E-state index in [-0.39, 0.29) is 0 Å². The SMILES string of the molecule is c1ccc(-c2nc(-c3cccc4c(-n5c6ccccc6c6c7ccccc7ccc65)cccc34)nc(-c3ccnc4oc5ccccc5c34)n2)cc1. The average molecular weight is 666 g/mol. The zero-order valence-electron chi connectivity index (χ0n) is 27.7. The smallest absolute Gasteiger partial charge is 0.228 e. The Morgan fingerprint density at radius 3 is 2.02 bits per heavy atom. The van der Waals surface area contributed by atoms with Gasteiger partial charge in [-0.05, 0) is 46.5 Å². The molecular weight excluding hydrogens is 639 g/mol. The third-order valence-electron chi connectivity index (χ3n) is 10.1. The molecule has 11 aromatic rings. The molecule has 4 heterocycles. The van der Waals surface area contributed by atoms with Gasteiger partial charge in [-0.25, -0.2) is 19.9 Å². The maximum atomic E-state index is 6.15. The summed E-state index contributed by atoms with van der Waals surface area (Å²) in [4.78, 5) is 20.0. The lowest BCUT2D eigenvalue weighted by molar-refractivity contribution is 0.654. The van der Waals surface area contributed by atoms with Crippen LogP contribution in [0.4, 0.5) is 0 Å². The van der Waals surface area contributed by atoms with Gasteiger partial charge in [0.1, 0.15) is 5.58 Å². The topological polar surface area (TPSA) is 69.6 Å². The van der Waals surface area contributed by atoms with Gasteiger partial charge in [-0.15, -0.1) is 0 Å². The number of furan rings is 1. The van der Waals surface area contributed by atoms with Gasteiger partial charge >= 0.3 is 0 Å². The molecule has 0 unspecified atom stereocenters. The maximum Gasteiger partial charge on any atom is 0.228 e. The number of hydrogen-bond acceptors (Lipinski definition) is 5. The van der Waals surface area contributed by atoms with Gasteiger partial charge in [-0.2, -0.15) is 0 Å². The van der Waals surface area contributed by atoms with Crippen LogP contribution >= 0.6 is 0 Å². The Kier molecular flexibility index (Phi) is 6.15. The molecule has 52 heavy (non-hydrogen) atoms. The fourth-order valence-electron chi connectivity index (χ4n) is 7.85.